The van der Waals surface area contributed by atoms with Crippen molar-refractivity contribution >= 4 is 22.4 Å². The third-order valence-corrected chi connectivity index (χ3v) is 3.16. The van der Waals surface area contributed by atoms with Gasteiger partial charge in [0.1, 0.15) is 5.75 Å². The maximum atomic E-state index is 6.21. The van der Waals surface area contributed by atoms with Crippen LogP contribution in [0.5, 0.6) is 5.75 Å². The first kappa shape index (κ1) is 12.2. The summed E-state index contributed by atoms with van der Waals surface area (Å²) in [5, 5.41) is 1.16. The summed E-state index contributed by atoms with van der Waals surface area (Å²) in [6.07, 6.45) is 0. The van der Waals surface area contributed by atoms with E-state index in [1.54, 1.807) is 7.11 Å². The van der Waals surface area contributed by atoms with Crippen molar-refractivity contribution in [2.45, 2.75) is 5.82 Å². The van der Waals surface area contributed by atoms with Crippen molar-refractivity contribution in [3.8, 4) is 5.75 Å². The minimum absolute atomic E-state index is 0.0912. The van der Waals surface area contributed by atoms with Crippen LogP contribution < -0.4 is 10.0 Å². The van der Waals surface area contributed by atoms with Crippen LogP contribution in [0.3, 0.4) is 0 Å². The molecule has 84 valence electrons. The molecule has 0 aliphatic rings. The maximum Gasteiger partial charge on any atom is 0.118 e. The monoisotopic (exact) mass is 240 g/mol. The molecule has 2 rings (SSSR count). The predicted octanol–water partition coefficient (Wildman–Crippen LogP) is 2.45. The smallest absolute Gasteiger partial charge is 0.118 e. The van der Waals surface area contributed by atoms with Crippen LogP contribution in [-0.4, -0.2) is 15.0 Å². The predicted molar refractivity (Wildman–Crippen MR) is 76.4 cm³/mol. The molecule has 17 heavy (non-hydrogen) atoms. The molecule has 0 bridgehead atoms. The number of methoxy groups -OCH3 is 1. The summed E-state index contributed by atoms with van der Waals surface area (Å²) in [5.41, 5.74) is 2.20. The first-order chi connectivity index (χ1) is 8.20. The molecule has 2 aromatic carbocycles. The molecule has 0 aliphatic heterocycles. The van der Waals surface area contributed by atoms with Gasteiger partial charge in [0.2, 0.25) is 0 Å². The van der Waals surface area contributed by atoms with E-state index in [1.165, 1.54) is 0 Å². The standard InChI is InChI=1S/C14H14BOP/c1-16-12-6-2-10(3-7-12)14(15)11-4-8-13(17)9-5-11/h2-9,14H,17H2,1H3. The van der Waals surface area contributed by atoms with Crippen LogP contribution in [0.1, 0.15) is 16.9 Å². The number of ether oxygens (including phenoxy) is 1. The second kappa shape index (κ2) is 5.38. The lowest BCUT2D eigenvalue weighted by molar-refractivity contribution is 0.414. The summed E-state index contributed by atoms with van der Waals surface area (Å²) < 4.78 is 5.13. The van der Waals surface area contributed by atoms with Crippen molar-refractivity contribution in [1.82, 2.24) is 0 Å². The van der Waals surface area contributed by atoms with Gasteiger partial charge in [-0.2, -0.15) is 0 Å². The summed E-state index contributed by atoms with van der Waals surface area (Å²) in [6.45, 7) is 0. The lowest BCUT2D eigenvalue weighted by Crippen LogP contribution is -2.02. The summed E-state index contributed by atoms with van der Waals surface area (Å²) in [6, 6.07) is 16.1. The third kappa shape index (κ3) is 2.89. The summed E-state index contributed by atoms with van der Waals surface area (Å²) >= 11 is 0. The Kier molecular flexibility index (Phi) is 3.86. The topological polar surface area (TPSA) is 9.23 Å². The van der Waals surface area contributed by atoms with Gasteiger partial charge in [-0.1, -0.05) is 36.4 Å². The molecule has 0 N–H and O–H groups in total. The van der Waals surface area contributed by atoms with E-state index in [0.29, 0.717) is 0 Å². The molecule has 3 heteroatoms. The Bertz CT molecular complexity index is 479. The molecule has 0 saturated heterocycles. The molecule has 2 aromatic rings. The van der Waals surface area contributed by atoms with E-state index in [4.69, 9.17) is 12.6 Å². The fourth-order valence-corrected chi connectivity index (χ4v) is 1.90. The zero-order valence-corrected chi connectivity index (χ0v) is 10.9. The second-order valence-corrected chi connectivity index (χ2v) is 4.58. The Morgan fingerprint density at radius 1 is 0.941 bits per heavy atom. The Morgan fingerprint density at radius 2 is 1.41 bits per heavy atom. The first-order valence-electron chi connectivity index (χ1n) is 5.45. The highest BCUT2D eigenvalue weighted by Crippen LogP contribution is 2.23. The molecule has 1 nitrogen and oxygen atoms in total. The highest BCUT2D eigenvalue weighted by atomic mass is 31.0. The van der Waals surface area contributed by atoms with E-state index < -0.39 is 0 Å². The van der Waals surface area contributed by atoms with E-state index in [1.807, 2.05) is 36.4 Å². The van der Waals surface area contributed by atoms with Crippen molar-refractivity contribution < 1.29 is 4.74 Å². The molecule has 0 aliphatic carbocycles. The van der Waals surface area contributed by atoms with E-state index in [-0.39, 0.29) is 5.82 Å². The molecule has 2 radical (unpaired) electrons. The molecule has 2 unspecified atom stereocenters. The van der Waals surface area contributed by atoms with Gasteiger partial charge >= 0.3 is 0 Å². The van der Waals surface area contributed by atoms with E-state index in [9.17, 15) is 0 Å². The quantitative estimate of drug-likeness (QED) is 0.591. The molecular weight excluding hydrogens is 226 g/mol. The largest absolute Gasteiger partial charge is 0.497 e. The van der Waals surface area contributed by atoms with E-state index >= 15 is 0 Å². The van der Waals surface area contributed by atoms with E-state index in [0.717, 1.165) is 22.2 Å². The highest BCUT2D eigenvalue weighted by Gasteiger charge is 2.07. The lowest BCUT2D eigenvalue weighted by Gasteiger charge is -2.13. The van der Waals surface area contributed by atoms with Gasteiger partial charge in [0, 0.05) is 0 Å². The average molecular weight is 240 g/mol. The van der Waals surface area contributed by atoms with Crippen LogP contribution in [0.15, 0.2) is 48.5 Å². The maximum absolute atomic E-state index is 6.21. The van der Waals surface area contributed by atoms with Gasteiger partial charge in [0.25, 0.3) is 0 Å². The number of benzene rings is 2. The molecule has 0 amide bonds. The van der Waals surface area contributed by atoms with Crippen molar-refractivity contribution in [2.75, 3.05) is 7.11 Å². The SMILES string of the molecule is [B]C(c1ccc(P)cc1)c1ccc(OC)cc1. The molecular formula is C14H14BOP. The van der Waals surface area contributed by atoms with Crippen molar-refractivity contribution in [1.29, 1.82) is 0 Å². The molecule has 0 saturated carbocycles. The Morgan fingerprint density at radius 3 is 1.88 bits per heavy atom. The minimum Gasteiger partial charge on any atom is -0.497 e. The van der Waals surface area contributed by atoms with Gasteiger partial charge in [0.05, 0.1) is 15.0 Å². The Balaban J connectivity index is 2.23. The highest BCUT2D eigenvalue weighted by molar-refractivity contribution is 7.27. The van der Waals surface area contributed by atoms with Crippen molar-refractivity contribution in [3.05, 3.63) is 59.7 Å². The molecule has 2 atom stereocenters. The van der Waals surface area contributed by atoms with Crippen LogP contribution in [0, 0.1) is 0 Å². The molecule has 0 heterocycles. The number of hydrogen-bond donors (Lipinski definition) is 0. The molecule has 0 fully saturated rings. The van der Waals surface area contributed by atoms with Crippen LogP contribution in [-0.2, 0) is 0 Å². The fraction of sp³-hybridized carbons (Fsp3) is 0.143. The van der Waals surface area contributed by atoms with Gasteiger partial charge in [-0.05, 0) is 34.4 Å². The summed E-state index contributed by atoms with van der Waals surface area (Å²) in [5.74, 6) is 0.757. The second-order valence-electron chi connectivity index (χ2n) is 3.92. The van der Waals surface area contributed by atoms with Gasteiger partial charge in [0.15, 0.2) is 0 Å². The van der Waals surface area contributed by atoms with Crippen molar-refractivity contribution in [3.63, 3.8) is 0 Å². The zero-order chi connectivity index (χ0) is 12.3. The lowest BCUT2D eigenvalue weighted by atomic mass is 9.76. The van der Waals surface area contributed by atoms with Gasteiger partial charge in [-0.3, -0.25) is 0 Å². The normalized spacial score (nSPS) is 12.1. The molecule has 0 spiro atoms. The van der Waals surface area contributed by atoms with Crippen LogP contribution >= 0.6 is 9.24 Å². The summed E-state index contributed by atoms with van der Waals surface area (Å²) in [7, 11) is 10.5. The van der Waals surface area contributed by atoms with E-state index in [2.05, 4.69) is 21.4 Å². The Labute approximate surface area is 106 Å². The van der Waals surface area contributed by atoms with Crippen molar-refractivity contribution in [2.24, 2.45) is 0 Å². The van der Waals surface area contributed by atoms with Crippen LogP contribution in [0.4, 0.5) is 0 Å². The zero-order valence-electron chi connectivity index (χ0n) is 9.76. The summed E-state index contributed by atoms with van der Waals surface area (Å²) in [4.78, 5) is 0. The number of rotatable bonds is 3. The van der Waals surface area contributed by atoms with Crippen LogP contribution in [0.25, 0.3) is 0 Å². The van der Waals surface area contributed by atoms with Crippen LogP contribution in [0.2, 0.25) is 0 Å². The molecule has 0 aromatic heterocycles. The van der Waals surface area contributed by atoms with Gasteiger partial charge in [-0.25, -0.2) is 0 Å². The minimum atomic E-state index is -0.0912. The Hall–Kier alpha value is -1.27. The van der Waals surface area contributed by atoms with Gasteiger partial charge < -0.3 is 4.74 Å². The number of hydrogen-bond acceptors (Lipinski definition) is 1. The first-order valence-corrected chi connectivity index (χ1v) is 6.03. The fourth-order valence-electron chi connectivity index (χ4n) is 1.71. The third-order valence-electron chi connectivity index (χ3n) is 2.77. The average Bonchev–Trinajstić information content (AvgIpc) is 2.39. The van der Waals surface area contributed by atoms with Gasteiger partial charge in [-0.15, -0.1) is 9.24 Å².